The smallest absolute Gasteiger partial charge is 0.163 e. The summed E-state index contributed by atoms with van der Waals surface area (Å²) in [5.41, 5.74) is 5.37. The molecule has 0 bridgehead atoms. The van der Waals surface area contributed by atoms with E-state index in [-0.39, 0.29) is 11.2 Å². The number of benzene rings is 2. The largest absolute Gasteiger partial charge is 0.508 e. The molecule has 2 aliphatic carbocycles. The van der Waals surface area contributed by atoms with Crippen LogP contribution >= 0.6 is 0 Å². The van der Waals surface area contributed by atoms with Crippen molar-refractivity contribution in [1.29, 1.82) is 0 Å². The van der Waals surface area contributed by atoms with Crippen molar-refractivity contribution < 1.29 is 14.6 Å². The van der Waals surface area contributed by atoms with Crippen LogP contribution < -0.4 is 4.74 Å². The van der Waals surface area contributed by atoms with E-state index < -0.39 is 0 Å². The summed E-state index contributed by atoms with van der Waals surface area (Å²) in [5, 5.41) is 10.1. The molecule has 0 saturated heterocycles. The Hall–Kier alpha value is -2.59. The first-order valence-electron chi connectivity index (χ1n) is 11.9. The Balaban J connectivity index is 1.69. The Morgan fingerprint density at radius 2 is 1.88 bits per heavy atom. The van der Waals surface area contributed by atoms with E-state index in [4.69, 9.17) is 4.74 Å². The number of unbranched alkanes of at least 4 members (excludes halogenated alkanes) is 1. The third kappa shape index (κ3) is 4.47. The highest BCUT2D eigenvalue weighted by Crippen LogP contribution is 2.58. The van der Waals surface area contributed by atoms with Crippen LogP contribution in [0.1, 0.15) is 62.1 Å². The second-order valence-corrected chi connectivity index (χ2v) is 9.60. The van der Waals surface area contributed by atoms with Gasteiger partial charge in [-0.1, -0.05) is 38.0 Å². The third-order valence-electron chi connectivity index (χ3n) is 6.95. The fourth-order valence-electron chi connectivity index (χ4n) is 5.39. The van der Waals surface area contributed by atoms with Crippen molar-refractivity contribution in [2.24, 2.45) is 5.41 Å². The number of phenolic OH excluding ortho intramolecular Hbond substituents is 1. The van der Waals surface area contributed by atoms with Gasteiger partial charge >= 0.3 is 0 Å². The molecule has 1 unspecified atom stereocenters. The number of hydrogen-bond donors (Lipinski definition) is 1. The van der Waals surface area contributed by atoms with Crippen LogP contribution in [0.3, 0.4) is 0 Å². The third-order valence-corrected chi connectivity index (χ3v) is 6.95. The number of hydrogen-bond acceptors (Lipinski definition) is 4. The van der Waals surface area contributed by atoms with Gasteiger partial charge in [-0.25, -0.2) is 0 Å². The van der Waals surface area contributed by atoms with Crippen molar-refractivity contribution in [3.05, 3.63) is 59.2 Å². The standard InChI is InChI=1S/C28H35NO3/c1-4-5-14-28-15-13-25(31)26(27(28)24-12-9-22(30)18-21(24)19-28)20-7-10-23(11-8-20)32-17-6-16-29(2)3/h7-12,18,30H,4-6,13-17,19H2,1-3H3. The van der Waals surface area contributed by atoms with Gasteiger partial charge in [-0.2, -0.15) is 0 Å². The first kappa shape index (κ1) is 22.6. The number of ketones is 1. The fraction of sp³-hybridized carbons (Fsp3) is 0.464. The minimum absolute atomic E-state index is 0.00324. The van der Waals surface area contributed by atoms with Crippen LogP contribution in [0.2, 0.25) is 0 Å². The molecule has 0 aromatic heterocycles. The lowest BCUT2D eigenvalue weighted by Gasteiger charge is -2.36. The van der Waals surface area contributed by atoms with Gasteiger partial charge in [0.25, 0.3) is 0 Å². The number of carbonyl (C=O) groups is 1. The first-order valence-corrected chi connectivity index (χ1v) is 11.9. The maximum atomic E-state index is 13.2. The topological polar surface area (TPSA) is 49.8 Å². The van der Waals surface area contributed by atoms with Gasteiger partial charge in [0, 0.05) is 24.0 Å². The summed E-state index contributed by atoms with van der Waals surface area (Å²) < 4.78 is 5.90. The van der Waals surface area contributed by atoms with Crippen molar-refractivity contribution in [2.45, 2.75) is 51.9 Å². The van der Waals surface area contributed by atoms with E-state index in [0.29, 0.717) is 18.8 Å². The second-order valence-electron chi connectivity index (χ2n) is 9.60. The van der Waals surface area contributed by atoms with Crippen molar-refractivity contribution in [3.8, 4) is 11.5 Å². The number of allylic oxidation sites excluding steroid dienone is 2. The summed E-state index contributed by atoms with van der Waals surface area (Å²) >= 11 is 0. The van der Waals surface area contributed by atoms with Gasteiger partial charge in [0.1, 0.15) is 11.5 Å². The van der Waals surface area contributed by atoms with Gasteiger partial charge in [-0.05, 0) is 86.3 Å². The number of phenols is 1. The summed E-state index contributed by atoms with van der Waals surface area (Å²) in [6, 6.07) is 13.7. The van der Waals surface area contributed by atoms with E-state index in [1.807, 2.05) is 36.4 Å². The van der Waals surface area contributed by atoms with Crippen molar-refractivity contribution in [1.82, 2.24) is 4.90 Å². The average molecular weight is 434 g/mol. The second kappa shape index (κ2) is 9.50. The molecule has 4 heteroatoms. The molecule has 0 saturated carbocycles. The zero-order valence-corrected chi connectivity index (χ0v) is 19.6. The predicted molar refractivity (Wildman–Crippen MR) is 130 cm³/mol. The average Bonchev–Trinajstić information content (AvgIpc) is 3.09. The number of ether oxygens (including phenoxy) is 1. The van der Waals surface area contributed by atoms with Gasteiger partial charge in [0.15, 0.2) is 5.78 Å². The molecular weight excluding hydrogens is 398 g/mol. The van der Waals surface area contributed by atoms with Crippen LogP contribution in [-0.4, -0.2) is 43.0 Å². The summed E-state index contributed by atoms with van der Waals surface area (Å²) in [5.74, 6) is 1.38. The number of carbonyl (C=O) groups excluding carboxylic acids is 1. The number of rotatable bonds is 9. The highest BCUT2D eigenvalue weighted by molar-refractivity contribution is 6.30. The first-order chi connectivity index (χ1) is 15.4. The van der Waals surface area contributed by atoms with E-state index in [2.05, 4.69) is 25.9 Å². The van der Waals surface area contributed by atoms with Crippen molar-refractivity contribution >= 4 is 16.9 Å². The van der Waals surface area contributed by atoms with E-state index in [1.165, 1.54) is 11.1 Å². The Labute approximate surface area is 191 Å². The molecule has 4 rings (SSSR count). The van der Waals surface area contributed by atoms with Crippen molar-refractivity contribution in [2.75, 3.05) is 27.2 Å². The zero-order chi connectivity index (χ0) is 22.7. The van der Waals surface area contributed by atoms with Crippen LogP contribution in [0, 0.1) is 5.41 Å². The molecule has 0 aliphatic heterocycles. The lowest BCUT2D eigenvalue weighted by atomic mass is 9.66. The molecule has 1 atom stereocenters. The number of aromatic hydroxyl groups is 1. The Morgan fingerprint density at radius 1 is 1.09 bits per heavy atom. The molecular formula is C28H35NO3. The lowest BCUT2D eigenvalue weighted by molar-refractivity contribution is -0.114. The minimum Gasteiger partial charge on any atom is -0.508 e. The maximum Gasteiger partial charge on any atom is 0.163 e. The van der Waals surface area contributed by atoms with Gasteiger partial charge in [0.05, 0.1) is 6.61 Å². The molecule has 0 heterocycles. The molecule has 0 spiro atoms. The number of Topliss-reactive ketones (excluding diaryl/α,β-unsaturated/α-hetero) is 1. The highest BCUT2D eigenvalue weighted by atomic mass is 16.5. The molecule has 1 N–H and O–H groups in total. The highest BCUT2D eigenvalue weighted by Gasteiger charge is 2.46. The Kier molecular flexibility index (Phi) is 6.71. The summed E-state index contributed by atoms with van der Waals surface area (Å²) in [6.45, 7) is 3.90. The summed E-state index contributed by atoms with van der Waals surface area (Å²) in [7, 11) is 4.13. The number of fused-ring (bicyclic) bond motifs is 3. The molecule has 32 heavy (non-hydrogen) atoms. The number of nitrogens with zero attached hydrogens (tertiary/aromatic N) is 1. The van der Waals surface area contributed by atoms with Crippen LogP contribution in [0.4, 0.5) is 0 Å². The molecule has 170 valence electrons. The van der Waals surface area contributed by atoms with Gasteiger partial charge < -0.3 is 14.7 Å². The minimum atomic E-state index is -0.00324. The lowest BCUT2D eigenvalue weighted by Crippen LogP contribution is -2.28. The molecule has 4 nitrogen and oxygen atoms in total. The molecule has 2 aromatic rings. The van der Waals surface area contributed by atoms with Gasteiger partial charge in [0.2, 0.25) is 0 Å². The van der Waals surface area contributed by atoms with Crippen LogP contribution in [0.5, 0.6) is 11.5 Å². The van der Waals surface area contributed by atoms with Crippen LogP contribution in [0.15, 0.2) is 42.5 Å². The SMILES string of the molecule is CCCCC12CCC(=O)C(c3ccc(OCCCN(C)C)cc3)=C1c1ccc(O)cc1C2. The van der Waals surface area contributed by atoms with E-state index >= 15 is 0 Å². The van der Waals surface area contributed by atoms with Gasteiger partial charge in [-0.15, -0.1) is 0 Å². The van der Waals surface area contributed by atoms with Crippen LogP contribution in [0.25, 0.3) is 11.1 Å². The van der Waals surface area contributed by atoms with E-state index in [0.717, 1.165) is 67.5 Å². The molecule has 0 fully saturated rings. The normalized spacial score (nSPS) is 19.9. The van der Waals surface area contributed by atoms with Crippen molar-refractivity contribution in [3.63, 3.8) is 0 Å². The van der Waals surface area contributed by atoms with Crippen LogP contribution in [-0.2, 0) is 11.2 Å². The Morgan fingerprint density at radius 3 is 2.59 bits per heavy atom. The predicted octanol–water partition coefficient (Wildman–Crippen LogP) is 5.73. The molecule has 2 aromatic carbocycles. The molecule has 0 radical (unpaired) electrons. The fourth-order valence-corrected chi connectivity index (χ4v) is 5.39. The van der Waals surface area contributed by atoms with E-state index in [1.54, 1.807) is 6.07 Å². The molecule has 2 aliphatic rings. The summed E-state index contributed by atoms with van der Waals surface area (Å²) in [4.78, 5) is 15.4. The zero-order valence-electron chi connectivity index (χ0n) is 19.6. The van der Waals surface area contributed by atoms with Gasteiger partial charge in [-0.3, -0.25) is 4.79 Å². The van der Waals surface area contributed by atoms with E-state index in [9.17, 15) is 9.90 Å². The molecule has 0 amide bonds. The quantitative estimate of drug-likeness (QED) is 0.513. The Bertz CT molecular complexity index is 1010. The summed E-state index contributed by atoms with van der Waals surface area (Å²) in [6.07, 6.45) is 6.74. The maximum absolute atomic E-state index is 13.2. The monoisotopic (exact) mass is 433 g/mol.